The zero-order chi connectivity index (χ0) is 29.6. The monoisotopic (exact) mass is 557 g/mol. The Hall–Kier alpha value is -4.48. The Morgan fingerprint density at radius 2 is 1.60 bits per heavy atom. The van der Waals surface area contributed by atoms with Crippen molar-refractivity contribution in [3.8, 4) is 11.8 Å². The molecule has 0 spiro atoms. The Kier molecular flexibility index (Phi) is 9.46. The van der Waals surface area contributed by atoms with Gasteiger partial charge in [0.1, 0.15) is 17.2 Å². The number of hydrogen-bond acceptors (Lipinski definition) is 9. The third-order valence-electron chi connectivity index (χ3n) is 5.71. The van der Waals surface area contributed by atoms with Gasteiger partial charge in [-0.25, -0.2) is 13.8 Å². The highest BCUT2D eigenvalue weighted by Crippen LogP contribution is 2.33. The molecule has 10 nitrogen and oxygen atoms in total. The number of nitrogens with two attached hydrogens (primary N) is 1. The zero-order valence-corrected chi connectivity index (χ0v) is 23.2. The highest BCUT2D eigenvalue weighted by molar-refractivity contribution is 5.98. The van der Waals surface area contributed by atoms with Crippen molar-refractivity contribution in [3.05, 3.63) is 65.2 Å². The molecule has 1 amide bonds. The fourth-order valence-electron chi connectivity index (χ4n) is 3.94. The van der Waals surface area contributed by atoms with Crippen LogP contribution in [0.25, 0.3) is 0 Å². The number of amides is 1. The number of hydrogen-bond donors (Lipinski definition) is 3. The molecule has 40 heavy (non-hydrogen) atoms. The summed E-state index contributed by atoms with van der Waals surface area (Å²) in [4.78, 5) is 33.1. The molecule has 0 aliphatic carbocycles. The minimum absolute atomic E-state index is 0.0845. The van der Waals surface area contributed by atoms with Crippen LogP contribution >= 0.6 is 0 Å². The summed E-state index contributed by atoms with van der Waals surface area (Å²) in [5.74, 6) is -3.43. The van der Waals surface area contributed by atoms with Gasteiger partial charge in [-0.2, -0.15) is 4.98 Å². The number of nitrogens with zero attached hydrogens (tertiary/aromatic N) is 2. The molecule has 1 aromatic carbocycles. The van der Waals surface area contributed by atoms with Crippen LogP contribution in [0.15, 0.2) is 42.5 Å². The molecule has 0 unspecified atom stereocenters. The molecule has 0 saturated carbocycles. The largest absolute Gasteiger partial charge is 0.481 e. The molecule has 0 fully saturated rings. The number of ether oxygens (including phenoxy) is 3. The number of methoxy groups -OCH3 is 2. The SMILES string of the molecule is COc1cc(Nc2nc(N[C@H](c3ccccc3F)[C@H](C)CC(=O)OC(C)(C)C)c(F)cc2C(N)=O)cc(OC)n1. The van der Waals surface area contributed by atoms with Gasteiger partial charge in [-0.1, -0.05) is 25.1 Å². The standard InChI is InChI=1S/C28H33F2N5O5/c1-15(11-23(36)40-28(2,3)4)24(17-9-7-8-10-19(17)29)34-27-20(30)14-18(25(31)37)26(35-27)32-16-12-21(38-5)33-22(13-16)39-6/h7-10,12-15,24H,11H2,1-6H3,(H2,31,37)(H2,32,33,34,35)/t15-,24+/m1/s1. The van der Waals surface area contributed by atoms with Crippen molar-refractivity contribution in [1.82, 2.24) is 9.97 Å². The third kappa shape index (κ3) is 7.78. The van der Waals surface area contributed by atoms with Crippen LogP contribution in [0.4, 0.5) is 26.1 Å². The van der Waals surface area contributed by atoms with Gasteiger partial charge in [0.2, 0.25) is 11.8 Å². The van der Waals surface area contributed by atoms with Gasteiger partial charge in [0, 0.05) is 17.7 Å². The predicted molar refractivity (Wildman–Crippen MR) is 146 cm³/mol. The lowest BCUT2D eigenvalue weighted by Gasteiger charge is -2.28. The number of rotatable bonds is 11. The average Bonchev–Trinajstić information content (AvgIpc) is 2.87. The number of primary amides is 1. The van der Waals surface area contributed by atoms with E-state index in [0.29, 0.717) is 5.69 Å². The third-order valence-corrected chi connectivity index (χ3v) is 5.71. The molecule has 0 radical (unpaired) electrons. The maximum absolute atomic E-state index is 15.3. The van der Waals surface area contributed by atoms with Crippen LogP contribution in [0.3, 0.4) is 0 Å². The fourth-order valence-corrected chi connectivity index (χ4v) is 3.94. The first-order valence-corrected chi connectivity index (χ1v) is 12.4. The molecule has 0 aliphatic heterocycles. The van der Waals surface area contributed by atoms with Gasteiger partial charge in [-0.05, 0) is 38.8 Å². The molecule has 4 N–H and O–H groups in total. The lowest BCUT2D eigenvalue weighted by atomic mass is 9.91. The molecule has 3 aromatic rings. The van der Waals surface area contributed by atoms with Crippen LogP contribution in [0.2, 0.25) is 0 Å². The molecule has 2 aromatic heterocycles. The second-order valence-corrected chi connectivity index (χ2v) is 10.1. The first-order chi connectivity index (χ1) is 18.8. The number of halogens is 2. The maximum atomic E-state index is 15.3. The predicted octanol–water partition coefficient (Wildman–Crippen LogP) is 5.14. The van der Waals surface area contributed by atoms with E-state index in [0.717, 1.165) is 6.07 Å². The second kappa shape index (κ2) is 12.6. The molecule has 3 rings (SSSR count). The number of carbonyl (C=O) groups excluding carboxylic acids is 2. The van der Waals surface area contributed by atoms with Gasteiger partial charge in [-0.15, -0.1) is 0 Å². The van der Waals surface area contributed by atoms with E-state index < -0.39 is 41.1 Å². The highest BCUT2D eigenvalue weighted by Gasteiger charge is 2.28. The molecule has 12 heteroatoms. The van der Waals surface area contributed by atoms with Crippen LogP contribution < -0.4 is 25.8 Å². The quantitative estimate of drug-likeness (QED) is 0.274. The molecule has 0 aliphatic rings. The molecule has 214 valence electrons. The van der Waals surface area contributed by atoms with E-state index in [1.165, 1.54) is 44.6 Å². The molecule has 0 saturated heterocycles. The van der Waals surface area contributed by atoms with E-state index in [9.17, 15) is 14.0 Å². The summed E-state index contributed by atoms with van der Waals surface area (Å²) in [7, 11) is 2.83. The molecule has 0 bridgehead atoms. The highest BCUT2D eigenvalue weighted by atomic mass is 19.1. The van der Waals surface area contributed by atoms with Crippen molar-refractivity contribution in [2.45, 2.75) is 45.8 Å². The molecular formula is C28H33F2N5O5. The van der Waals surface area contributed by atoms with Crippen LogP contribution in [0, 0.1) is 17.6 Å². The second-order valence-electron chi connectivity index (χ2n) is 10.1. The number of aromatic nitrogens is 2. The Morgan fingerprint density at radius 1 is 0.975 bits per heavy atom. The lowest BCUT2D eigenvalue weighted by Crippen LogP contribution is -2.28. The number of nitrogens with one attached hydrogen (secondary N) is 2. The van der Waals surface area contributed by atoms with Gasteiger partial charge in [-0.3, -0.25) is 9.59 Å². The minimum Gasteiger partial charge on any atom is -0.481 e. The lowest BCUT2D eigenvalue weighted by molar-refractivity contribution is -0.156. The van der Waals surface area contributed by atoms with Crippen molar-refractivity contribution in [3.63, 3.8) is 0 Å². The van der Waals surface area contributed by atoms with Crippen LogP contribution in [0.1, 0.15) is 56.1 Å². The van der Waals surface area contributed by atoms with Crippen LogP contribution in [-0.4, -0.2) is 41.7 Å². The Bertz CT molecular complexity index is 1360. The summed E-state index contributed by atoms with van der Waals surface area (Å²) in [5.41, 5.74) is 5.10. The number of anilines is 3. The van der Waals surface area contributed by atoms with Crippen molar-refractivity contribution < 1.29 is 32.6 Å². The van der Waals surface area contributed by atoms with Gasteiger partial charge < -0.3 is 30.6 Å². The van der Waals surface area contributed by atoms with E-state index in [2.05, 4.69) is 20.6 Å². The van der Waals surface area contributed by atoms with E-state index in [1.54, 1.807) is 33.8 Å². The molecule has 2 atom stereocenters. The Balaban J connectivity index is 2.03. The van der Waals surface area contributed by atoms with Gasteiger partial charge in [0.25, 0.3) is 5.91 Å². The average molecular weight is 558 g/mol. The minimum atomic E-state index is -0.933. The van der Waals surface area contributed by atoms with Crippen LogP contribution in [-0.2, 0) is 9.53 Å². The smallest absolute Gasteiger partial charge is 0.306 e. The topological polar surface area (TPSA) is 138 Å². The molecular weight excluding hydrogens is 524 g/mol. The van der Waals surface area contributed by atoms with E-state index >= 15 is 4.39 Å². The maximum Gasteiger partial charge on any atom is 0.306 e. The summed E-state index contributed by atoms with van der Waals surface area (Å²) in [6.45, 7) is 6.93. The van der Waals surface area contributed by atoms with Gasteiger partial charge in [0.05, 0.1) is 37.9 Å². The number of benzene rings is 1. The van der Waals surface area contributed by atoms with Gasteiger partial charge in [0.15, 0.2) is 11.6 Å². The van der Waals surface area contributed by atoms with Crippen molar-refractivity contribution in [1.29, 1.82) is 0 Å². The number of carbonyl (C=O) groups is 2. The summed E-state index contributed by atoms with van der Waals surface area (Å²) in [6, 6.07) is 8.99. The fraction of sp³-hybridized carbons (Fsp3) is 0.357. The van der Waals surface area contributed by atoms with E-state index in [4.69, 9.17) is 19.9 Å². The van der Waals surface area contributed by atoms with Gasteiger partial charge >= 0.3 is 5.97 Å². The first kappa shape index (κ1) is 30.1. The normalized spacial score (nSPS) is 12.7. The van der Waals surface area contributed by atoms with E-state index in [-0.39, 0.29) is 40.9 Å². The van der Waals surface area contributed by atoms with E-state index in [1.807, 2.05) is 0 Å². The summed E-state index contributed by atoms with van der Waals surface area (Å²) < 4.78 is 46.0. The summed E-state index contributed by atoms with van der Waals surface area (Å²) >= 11 is 0. The number of esters is 1. The Labute approximate surface area is 231 Å². The number of pyridine rings is 2. The summed E-state index contributed by atoms with van der Waals surface area (Å²) in [5, 5.41) is 5.84. The molecule has 2 heterocycles. The first-order valence-electron chi connectivity index (χ1n) is 12.4. The van der Waals surface area contributed by atoms with Crippen molar-refractivity contribution in [2.75, 3.05) is 24.9 Å². The van der Waals surface area contributed by atoms with Crippen molar-refractivity contribution >= 4 is 29.2 Å². The van der Waals surface area contributed by atoms with Crippen molar-refractivity contribution in [2.24, 2.45) is 11.7 Å². The van der Waals surface area contributed by atoms with Crippen LogP contribution in [0.5, 0.6) is 11.8 Å². The zero-order valence-electron chi connectivity index (χ0n) is 23.2. The summed E-state index contributed by atoms with van der Waals surface area (Å²) in [6.07, 6.45) is -0.0913. The Morgan fingerprint density at radius 3 is 2.15 bits per heavy atom.